The molecule has 0 unspecified atom stereocenters. The first-order valence-electron chi connectivity index (χ1n) is 4.44. The third-order valence-electron chi connectivity index (χ3n) is 2.03. The van der Waals surface area contributed by atoms with Crippen molar-refractivity contribution < 1.29 is 31.1 Å². The number of carbonyl (C=O) groups is 1. The van der Waals surface area contributed by atoms with Crippen LogP contribution in [0.1, 0.15) is 21.5 Å². The Morgan fingerprint density at radius 2 is 1.33 bits per heavy atom. The number of carbonyl (C=O) groups excluding carboxylic acids is 1. The van der Waals surface area contributed by atoms with E-state index in [-0.39, 0.29) is 11.4 Å². The Bertz CT molecular complexity index is 430. The Balaban J connectivity index is 3.44. The monoisotopic (exact) mass is 334 g/mol. The molecule has 1 rings (SSSR count). The van der Waals surface area contributed by atoms with Crippen molar-refractivity contribution in [2.24, 2.45) is 0 Å². The molecule has 0 aliphatic rings. The van der Waals surface area contributed by atoms with Crippen LogP contribution in [-0.4, -0.2) is 11.1 Å². The molecule has 0 aromatic heterocycles. The summed E-state index contributed by atoms with van der Waals surface area (Å²) < 4.78 is 74.5. The SMILES string of the molecule is O=C(CBr)c1cc(C(F)(F)F)cc(C(F)(F)F)c1. The van der Waals surface area contributed by atoms with Gasteiger partial charge in [0.05, 0.1) is 16.5 Å². The molecular weight excluding hydrogens is 330 g/mol. The minimum absolute atomic E-state index is 0.0228. The number of halogens is 7. The molecule has 1 aromatic rings. The Hall–Kier alpha value is -1.05. The molecule has 1 nitrogen and oxygen atoms in total. The first kappa shape index (κ1) is 15.0. The van der Waals surface area contributed by atoms with Crippen molar-refractivity contribution in [2.45, 2.75) is 12.4 Å². The fourth-order valence-electron chi connectivity index (χ4n) is 1.19. The van der Waals surface area contributed by atoms with Crippen LogP contribution in [0.2, 0.25) is 0 Å². The zero-order valence-electron chi connectivity index (χ0n) is 8.49. The number of benzene rings is 1. The number of alkyl halides is 7. The molecule has 0 atom stereocenters. The summed E-state index contributed by atoms with van der Waals surface area (Å²) in [6, 6.07) is 0.780. The smallest absolute Gasteiger partial charge is 0.293 e. The number of hydrogen-bond donors (Lipinski definition) is 0. The van der Waals surface area contributed by atoms with E-state index in [9.17, 15) is 31.1 Å². The number of ketones is 1. The first-order valence-corrected chi connectivity index (χ1v) is 5.56. The van der Waals surface area contributed by atoms with Gasteiger partial charge in [0.2, 0.25) is 0 Å². The van der Waals surface area contributed by atoms with E-state index >= 15 is 0 Å². The molecule has 0 aliphatic heterocycles. The fourth-order valence-corrected chi connectivity index (χ4v) is 1.52. The lowest BCUT2D eigenvalue weighted by Gasteiger charge is -2.13. The van der Waals surface area contributed by atoms with E-state index in [4.69, 9.17) is 0 Å². The van der Waals surface area contributed by atoms with Crippen molar-refractivity contribution in [1.82, 2.24) is 0 Å². The topological polar surface area (TPSA) is 17.1 Å². The molecule has 0 amide bonds. The summed E-state index contributed by atoms with van der Waals surface area (Å²) in [6.45, 7) is 0. The van der Waals surface area contributed by atoms with Crippen molar-refractivity contribution in [3.8, 4) is 0 Å². The molecule has 0 saturated carbocycles. The molecule has 0 radical (unpaired) electrons. The van der Waals surface area contributed by atoms with Crippen LogP contribution >= 0.6 is 15.9 Å². The van der Waals surface area contributed by atoms with E-state index in [0.29, 0.717) is 12.1 Å². The molecule has 0 fully saturated rings. The van der Waals surface area contributed by atoms with Gasteiger partial charge in [0.1, 0.15) is 0 Å². The highest BCUT2D eigenvalue weighted by Gasteiger charge is 2.37. The van der Waals surface area contributed by atoms with Crippen molar-refractivity contribution in [3.05, 3.63) is 34.9 Å². The van der Waals surface area contributed by atoms with Crippen LogP contribution in [0.3, 0.4) is 0 Å². The van der Waals surface area contributed by atoms with Gasteiger partial charge in [0.15, 0.2) is 5.78 Å². The summed E-state index contributed by atoms with van der Waals surface area (Å²) in [6.07, 6.45) is -9.88. The summed E-state index contributed by atoms with van der Waals surface area (Å²) in [4.78, 5) is 11.2. The van der Waals surface area contributed by atoms with Crippen molar-refractivity contribution in [1.29, 1.82) is 0 Å². The van der Waals surface area contributed by atoms with Crippen LogP contribution in [0.5, 0.6) is 0 Å². The minimum atomic E-state index is -4.94. The van der Waals surface area contributed by atoms with Crippen LogP contribution < -0.4 is 0 Å². The quantitative estimate of drug-likeness (QED) is 0.447. The van der Waals surface area contributed by atoms with Crippen LogP contribution in [0, 0.1) is 0 Å². The molecule has 0 N–H and O–H groups in total. The van der Waals surface area contributed by atoms with Crippen LogP contribution in [-0.2, 0) is 12.4 Å². The summed E-state index contributed by atoms with van der Waals surface area (Å²) >= 11 is 2.69. The third kappa shape index (κ3) is 3.47. The Morgan fingerprint density at radius 1 is 0.944 bits per heavy atom. The number of rotatable bonds is 2. The maximum Gasteiger partial charge on any atom is 0.416 e. The lowest BCUT2D eigenvalue weighted by Crippen LogP contribution is -2.13. The highest BCUT2D eigenvalue weighted by atomic mass is 79.9. The summed E-state index contributed by atoms with van der Waals surface area (Å²) in [5, 5.41) is -0.356. The van der Waals surface area contributed by atoms with Crippen molar-refractivity contribution in [3.63, 3.8) is 0 Å². The van der Waals surface area contributed by atoms with Gasteiger partial charge in [0, 0.05) is 5.56 Å². The molecule has 0 bridgehead atoms. The zero-order valence-corrected chi connectivity index (χ0v) is 10.1. The van der Waals surface area contributed by atoms with Gasteiger partial charge in [-0.25, -0.2) is 0 Å². The normalized spacial score (nSPS) is 12.6. The molecule has 100 valence electrons. The second-order valence-electron chi connectivity index (χ2n) is 3.35. The van der Waals surface area contributed by atoms with E-state index in [1.807, 2.05) is 0 Å². The highest BCUT2D eigenvalue weighted by Crippen LogP contribution is 2.36. The molecule has 8 heteroatoms. The zero-order chi connectivity index (χ0) is 14.1. The van der Waals surface area contributed by atoms with Crippen LogP contribution in [0.4, 0.5) is 26.3 Å². The summed E-state index contributed by atoms with van der Waals surface area (Å²) in [5.74, 6) is -0.855. The number of hydrogen-bond acceptors (Lipinski definition) is 1. The number of Topliss-reactive ketones (excluding diaryl/α,β-unsaturated/α-hetero) is 1. The van der Waals surface area contributed by atoms with Gasteiger partial charge < -0.3 is 0 Å². The Kier molecular flexibility index (Phi) is 4.09. The third-order valence-corrected chi connectivity index (χ3v) is 2.54. The van der Waals surface area contributed by atoms with Gasteiger partial charge in [-0.3, -0.25) is 4.79 Å². The van der Waals surface area contributed by atoms with E-state index < -0.39 is 34.8 Å². The maximum atomic E-state index is 12.4. The molecular formula is C10H5BrF6O. The fraction of sp³-hybridized carbons (Fsp3) is 0.300. The average molecular weight is 335 g/mol. The average Bonchev–Trinajstić information content (AvgIpc) is 2.25. The largest absolute Gasteiger partial charge is 0.416 e. The molecule has 0 spiro atoms. The van der Waals surface area contributed by atoms with Gasteiger partial charge in [-0.2, -0.15) is 26.3 Å². The second-order valence-corrected chi connectivity index (χ2v) is 3.91. The van der Waals surface area contributed by atoms with Gasteiger partial charge in [-0.15, -0.1) is 0 Å². The van der Waals surface area contributed by atoms with Gasteiger partial charge in [0.25, 0.3) is 0 Å². The van der Waals surface area contributed by atoms with Gasteiger partial charge in [-0.1, -0.05) is 15.9 Å². The van der Waals surface area contributed by atoms with Crippen LogP contribution in [0.15, 0.2) is 18.2 Å². The lowest BCUT2D eigenvalue weighted by atomic mass is 10.0. The van der Waals surface area contributed by atoms with Gasteiger partial charge in [-0.05, 0) is 18.2 Å². The lowest BCUT2D eigenvalue weighted by molar-refractivity contribution is -0.143. The van der Waals surface area contributed by atoms with Crippen LogP contribution in [0.25, 0.3) is 0 Å². The van der Waals surface area contributed by atoms with E-state index in [1.54, 1.807) is 0 Å². The summed E-state index contributed by atoms with van der Waals surface area (Å²) in [7, 11) is 0. The minimum Gasteiger partial charge on any atom is -0.293 e. The molecule has 18 heavy (non-hydrogen) atoms. The van der Waals surface area contributed by atoms with Gasteiger partial charge >= 0.3 is 12.4 Å². The Labute approximate surface area is 106 Å². The van der Waals surface area contributed by atoms with E-state index in [0.717, 1.165) is 0 Å². The maximum absolute atomic E-state index is 12.4. The second kappa shape index (κ2) is 4.91. The molecule has 1 aromatic carbocycles. The predicted molar refractivity (Wildman–Crippen MR) is 54.6 cm³/mol. The molecule has 0 aliphatic carbocycles. The molecule has 0 heterocycles. The standard InChI is InChI=1S/C10H5BrF6O/c11-4-8(18)5-1-6(9(12,13)14)3-7(2-5)10(15,16)17/h1-3H,4H2. The highest BCUT2D eigenvalue weighted by molar-refractivity contribution is 9.09. The van der Waals surface area contributed by atoms with Crippen molar-refractivity contribution >= 4 is 21.7 Å². The molecule has 0 saturated heterocycles. The van der Waals surface area contributed by atoms with E-state index in [1.165, 1.54) is 0 Å². The van der Waals surface area contributed by atoms with Crippen molar-refractivity contribution in [2.75, 3.05) is 5.33 Å². The predicted octanol–water partition coefficient (Wildman–Crippen LogP) is 4.30. The van der Waals surface area contributed by atoms with E-state index in [2.05, 4.69) is 15.9 Å². The Morgan fingerprint density at radius 3 is 1.61 bits per heavy atom. The first-order chi connectivity index (χ1) is 8.05. The summed E-state index contributed by atoms with van der Waals surface area (Å²) in [5.41, 5.74) is -3.63.